The number of hydrogen-bond acceptors (Lipinski definition) is 1. The maximum Gasteiger partial charge on any atom is 0.179 e. The van der Waals surface area contributed by atoms with Crippen LogP contribution in [0.5, 0.6) is 0 Å². The van der Waals surface area contributed by atoms with Crippen LogP contribution in [-0.2, 0) is 4.74 Å². The molecule has 0 aromatic heterocycles. The molecular formula is C4H4O. The third-order valence-electron chi connectivity index (χ3n) is 0.498. The molecule has 0 spiro atoms. The third-order valence-corrected chi connectivity index (χ3v) is 0.498. The van der Waals surface area contributed by atoms with Gasteiger partial charge in [-0.05, 0) is 0 Å². The average molecular weight is 68.1 g/mol. The first-order chi connectivity index (χ1) is 2.43. The molecule has 0 saturated heterocycles. The van der Waals surface area contributed by atoms with Gasteiger partial charge in [-0.1, -0.05) is 11.8 Å². The third kappa shape index (κ3) is 0.398. The van der Waals surface area contributed by atoms with Gasteiger partial charge in [-0.15, -0.1) is 0 Å². The van der Waals surface area contributed by atoms with Gasteiger partial charge in [0.2, 0.25) is 0 Å². The van der Waals surface area contributed by atoms with Crippen LogP contribution in [0.25, 0.3) is 0 Å². The van der Waals surface area contributed by atoms with Crippen molar-refractivity contribution in [3.05, 3.63) is 0 Å². The van der Waals surface area contributed by atoms with Gasteiger partial charge in [0.1, 0.15) is 0 Å². The van der Waals surface area contributed by atoms with Gasteiger partial charge in [0.15, 0.2) is 6.10 Å². The van der Waals surface area contributed by atoms with E-state index in [-0.39, 0.29) is 6.10 Å². The molecule has 1 rings (SSSR count). The van der Waals surface area contributed by atoms with Crippen molar-refractivity contribution in [2.45, 2.75) is 6.10 Å². The Morgan fingerprint density at radius 2 is 2.20 bits per heavy atom. The lowest BCUT2D eigenvalue weighted by molar-refractivity contribution is 0.206. The topological polar surface area (TPSA) is 9.23 Å². The second kappa shape index (κ2) is 0.734. The molecule has 0 atom stereocenters. The lowest BCUT2D eigenvalue weighted by Crippen LogP contribution is -1.86. The highest BCUT2D eigenvalue weighted by Crippen LogP contribution is 1.93. The molecule has 1 aliphatic carbocycles. The van der Waals surface area contributed by atoms with Crippen molar-refractivity contribution in [1.82, 2.24) is 0 Å². The number of methoxy groups -OCH3 is 1. The van der Waals surface area contributed by atoms with Crippen molar-refractivity contribution >= 4 is 0 Å². The average Bonchev–Trinajstić information content (AvgIpc) is 2.12. The van der Waals surface area contributed by atoms with E-state index < -0.39 is 0 Å². The molecule has 0 saturated carbocycles. The molecular weight excluding hydrogens is 64.0 g/mol. The normalized spacial score (nSPS) is 17.0. The molecule has 0 aromatic rings. The molecule has 1 aliphatic rings. The second-order valence-corrected chi connectivity index (χ2v) is 0.904. The predicted octanol–water partition coefficient (Wildman–Crippen LogP) is 0.0184. The van der Waals surface area contributed by atoms with E-state index in [9.17, 15) is 0 Å². The van der Waals surface area contributed by atoms with Crippen molar-refractivity contribution in [1.29, 1.82) is 0 Å². The summed E-state index contributed by atoms with van der Waals surface area (Å²) < 4.78 is 4.64. The lowest BCUT2D eigenvalue weighted by atomic mass is 10.7. The molecule has 0 aromatic carbocycles. The van der Waals surface area contributed by atoms with Crippen molar-refractivity contribution in [2.24, 2.45) is 0 Å². The number of ether oxygens (including phenoxy) is 1. The van der Waals surface area contributed by atoms with Crippen molar-refractivity contribution in [3.8, 4) is 11.8 Å². The van der Waals surface area contributed by atoms with E-state index in [0.29, 0.717) is 0 Å². The number of hydrogen-bond donors (Lipinski definition) is 0. The van der Waals surface area contributed by atoms with Gasteiger partial charge in [0, 0.05) is 7.11 Å². The largest absolute Gasteiger partial charge is 0.357 e. The summed E-state index contributed by atoms with van der Waals surface area (Å²) in [5.41, 5.74) is 0. The molecule has 0 fully saturated rings. The maximum atomic E-state index is 4.64. The summed E-state index contributed by atoms with van der Waals surface area (Å²) in [6.45, 7) is 0. The summed E-state index contributed by atoms with van der Waals surface area (Å²) in [5, 5.41) is 0. The Hall–Kier alpha value is -0.480. The van der Waals surface area contributed by atoms with Crippen LogP contribution in [0.1, 0.15) is 0 Å². The van der Waals surface area contributed by atoms with Crippen LogP contribution >= 0.6 is 0 Å². The molecule has 0 bridgehead atoms. The molecule has 5 heavy (non-hydrogen) atoms. The molecule has 0 unspecified atom stereocenters. The zero-order chi connectivity index (χ0) is 3.70. The van der Waals surface area contributed by atoms with E-state index in [1.807, 2.05) is 0 Å². The highest BCUT2D eigenvalue weighted by Gasteiger charge is 2.03. The van der Waals surface area contributed by atoms with Crippen LogP contribution in [0.3, 0.4) is 0 Å². The van der Waals surface area contributed by atoms with E-state index in [2.05, 4.69) is 16.6 Å². The Morgan fingerprint density at radius 3 is 2.20 bits per heavy atom. The molecule has 0 radical (unpaired) electrons. The van der Waals surface area contributed by atoms with Gasteiger partial charge in [-0.2, -0.15) is 0 Å². The summed E-state index contributed by atoms with van der Waals surface area (Å²) in [7, 11) is 1.64. The summed E-state index contributed by atoms with van der Waals surface area (Å²) in [6.07, 6.45) is 0.134. The van der Waals surface area contributed by atoms with Crippen molar-refractivity contribution in [3.63, 3.8) is 0 Å². The fourth-order valence-electron chi connectivity index (χ4n) is 0.152. The SMILES string of the molecule is COC1C#C1. The standard InChI is InChI=1S/C4H4O/c1-5-4-2-3-4/h4H,1H3. The fraction of sp³-hybridized carbons (Fsp3) is 0.500. The van der Waals surface area contributed by atoms with Gasteiger partial charge >= 0.3 is 0 Å². The smallest absolute Gasteiger partial charge is 0.179 e. The molecule has 26 valence electrons. The zero-order valence-electron chi connectivity index (χ0n) is 2.99. The van der Waals surface area contributed by atoms with Crippen LogP contribution in [0.2, 0.25) is 0 Å². The first kappa shape index (κ1) is 2.74. The minimum atomic E-state index is 0.134. The second-order valence-electron chi connectivity index (χ2n) is 0.904. The zero-order valence-corrected chi connectivity index (χ0v) is 2.99. The van der Waals surface area contributed by atoms with E-state index in [1.54, 1.807) is 7.11 Å². The molecule has 0 amide bonds. The minimum Gasteiger partial charge on any atom is -0.357 e. The Labute approximate surface area is 30.9 Å². The summed E-state index contributed by atoms with van der Waals surface area (Å²) in [5.74, 6) is 5.42. The summed E-state index contributed by atoms with van der Waals surface area (Å²) in [4.78, 5) is 0. The molecule has 0 heterocycles. The Morgan fingerprint density at radius 1 is 1.60 bits per heavy atom. The van der Waals surface area contributed by atoms with Crippen LogP contribution < -0.4 is 0 Å². The van der Waals surface area contributed by atoms with Crippen LogP contribution in [-0.4, -0.2) is 13.2 Å². The Bertz CT molecular complexity index is 77.6. The minimum absolute atomic E-state index is 0.134. The Balaban J connectivity index is 2.08. The Kier molecular flexibility index (Phi) is 0.402. The van der Waals surface area contributed by atoms with Crippen LogP contribution in [0, 0.1) is 11.8 Å². The quantitative estimate of drug-likeness (QED) is 0.393. The van der Waals surface area contributed by atoms with Crippen LogP contribution in [0.4, 0.5) is 0 Å². The molecule has 0 aliphatic heterocycles. The van der Waals surface area contributed by atoms with Gasteiger partial charge in [0.05, 0.1) is 0 Å². The summed E-state index contributed by atoms with van der Waals surface area (Å²) >= 11 is 0. The fourth-order valence-corrected chi connectivity index (χ4v) is 0.152. The first-order valence-electron chi connectivity index (χ1n) is 1.47. The molecule has 1 nitrogen and oxygen atoms in total. The van der Waals surface area contributed by atoms with Crippen LogP contribution in [0.15, 0.2) is 0 Å². The van der Waals surface area contributed by atoms with E-state index >= 15 is 0 Å². The van der Waals surface area contributed by atoms with Crippen molar-refractivity contribution in [2.75, 3.05) is 7.11 Å². The molecule has 1 heteroatoms. The van der Waals surface area contributed by atoms with E-state index in [4.69, 9.17) is 0 Å². The van der Waals surface area contributed by atoms with Gasteiger partial charge in [0.25, 0.3) is 0 Å². The van der Waals surface area contributed by atoms with E-state index in [0.717, 1.165) is 0 Å². The molecule has 0 N–H and O–H groups in total. The predicted molar refractivity (Wildman–Crippen MR) is 18.6 cm³/mol. The van der Waals surface area contributed by atoms with Gasteiger partial charge in [-0.3, -0.25) is 0 Å². The summed E-state index contributed by atoms with van der Waals surface area (Å²) in [6, 6.07) is 0. The van der Waals surface area contributed by atoms with E-state index in [1.165, 1.54) is 0 Å². The van der Waals surface area contributed by atoms with Gasteiger partial charge < -0.3 is 4.74 Å². The van der Waals surface area contributed by atoms with Gasteiger partial charge in [-0.25, -0.2) is 0 Å². The highest BCUT2D eigenvalue weighted by atomic mass is 16.5. The highest BCUT2D eigenvalue weighted by molar-refractivity contribution is 5.32. The monoisotopic (exact) mass is 68.0 g/mol. The van der Waals surface area contributed by atoms with Crippen molar-refractivity contribution < 1.29 is 4.74 Å². The number of rotatable bonds is 1. The lowest BCUT2D eigenvalue weighted by Gasteiger charge is -1.80. The maximum absolute atomic E-state index is 4.64. The first-order valence-corrected chi connectivity index (χ1v) is 1.47.